The molecule has 19 heavy (non-hydrogen) atoms. The van der Waals surface area contributed by atoms with Crippen LogP contribution in [0, 0.1) is 5.92 Å². The van der Waals surface area contributed by atoms with E-state index in [2.05, 4.69) is 19.9 Å². The highest BCUT2D eigenvalue weighted by atomic mass is 32.2. The van der Waals surface area contributed by atoms with Gasteiger partial charge in [-0.05, 0) is 24.8 Å². The molecule has 0 atom stereocenters. The average Bonchev–Trinajstić information content (AvgIpc) is 2.94. The molecule has 5 heteroatoms. The van der Waals surface area contributed by atoms with Gasteiger partial charge in [0, 0.05) is 12.5 Å². The maximum absolute atomic E-state index is 10.7. The minimum Gasteiger partial charge on any atom is -0.481 e. The molecule has 0 saturated heterocycles. The van der Waals surface area contributed by atoms with Gasteiger partial charge in [-0.15, -0.1) is 0 Å². The van der Waals surface area contributed by atoms with E-state index < -0.39 is 5.97 Å². The fourth-order valence-electron chi connectivity index (χ4n) is 2.57. The van der Waals surface area contributed by atoms with Crippen LogP contribution >= 0.6 is 11.8 Å². The Morgan fingerprint density at radius 1 is 1.53 bits per heavy atom. The molecule has 0 spiro atoms. The molecular weight excluding hydrogens is 260 g/mol. The first-order chi connectivity index (χ1) is 9.06. The van der Waals surface area contributed by atoms with Crippen molar-refractivity contribution >= 4 is 17.7 Å². The molecule has 2 rings (SSSR count). The van der Waals surface area contributed by atoms with Gasteiger partial charge in [-0.3, -0.25) is 9.48 Å². The molecule has 106 valence electrons. The van der Waals surface area contributed by atoms with Crippen molar-refractivity contribution in [2.45, 2.75) is 57.0 Å². The van der Waals surface area contributed by atoms with Gasteiger partial charge in [0.2, 0.25) is 0 Å². The van der Waals surface area contributed by atoms with Crippen LogP contribution in [0.5, 0.6) is 0 Å². The van der Waals surface area contributed by atoms with Crippen molar-refractivity contribution in [3.8, 4) is 0 Å². The molecule has 0 bridgehead atoms. The standard InChI is InChI=1S/C14H22N2O2S/c1-10(2)8-16-13(19-9-14(17)18)7-12(15-16)11-5-3-4-6-11/h7,10-11H,3-6,8-9H2,1-2H3,(H,17,18). The van der Waals surface area contributed by atoms with Crippen molar-refractivity contribution in [1.29, 1.82) is 0 Å². The number of thioether (sulfide) groups is 1. The SMILES string of the molecule is CC(C)Cn1nc(C2CCCC2)cc1SCC(=O)O. The van der Waals surface area contributed by atoms with Crippen LogP contribution in [0.4, 0.5) is 0 Å². The van der Waals surface area contributed by atoms with Gasteiger partial charge in [0.05, 0.1) is 16.5 Å². The lowest BCUT2D eigenvalue weighted by Crippen LogP contribution is -2.09. The number of rotatable bonds is 6. The van der Waals surface area contributed by atoms with Crippen molar-refractivity contribution < 1.29 is 9.90 Å². The molecule has 0 aliphatic heterocycles. The highest BCUT2D eigenvalue weighted by Crippen LogP contribution is 2.35. The van der Waals surface area contributed by atoms with Crippen molar-refractivity contribution in [1.82, 2.24) is 9.78 Å². The second-order valence-corrected chi connectivity index (χ2v) is 6.64. The molecule has 0 amide bonds. The first-order valence-electron chi connectivity index (χ1n) is 6.98. The van der Waals surface area contributed by atoms with Crippen molar-refractivity contribution in [2.75, 3.05) is 5.75 Å². The Balaban J connectivity index is 2.14. The zero-order valence-electron chi connectivity index (χ0n) is 11.6. The van der Waals surface area contributed by atoms with Gasteiger partial charge in [-0.1, -0.05) is 38.5 Å². The van der Waals surface area contributed by atoms with Crippen LogP contribution in [0.15, 0.2) is 11.1 Å². The fourth-order valence-corrected chi connectivity index (χ4v) is 3.31. The Morgan fingerprint density at radius 2 is 2.21 bits per heavy atom. The van der Waals surface area contributed by atoms with Gasteiger partial charge < -0.3 is 5.11 Å². The molecule has 1 aliphatic rings. The minimum atomic E-state index is -0.773. The molecule has 1 aromatic heterocycles. The normalized spacial score (nSPS) is 16.4. The zero-order chi connectivity index (χ0) is 13.8. The van der Waals surface area contributed by atoms with Crippen molar-refractivity contribution in [3.05, 3.63) is 11.8 Å². The molecule has 1 fully saturated rings. The third-order valence-corrected chi connectivity index (χ3v) is 4.43. The number of hydrogen-bond acceptors (Lipinski definition) is 3. The molecule has 1 N–H and O–H groups in total. The molecule has 0 radical (unpaired) electrons. The van der Waals surface area contributed by atoms with E-state index in [4.69, 9.17) is 10.2 Å². The highest BCUT2D eigenvalue weighted by molar-refractivity contribution is 7.99. The lowest BCUT2D eigenvalue weighted by atomic mass is 10.1. The summed E-state index contributed by atoms with van der Waals surface area (Å²) in [6.07, 6.45) is 5.03. The molecule has 1 aliphatic carbocycles. The lowest BCUT2D eigenvalue weighted by molar-refractivity contribution is -0.133. The smallest absolute Gasteiger partial charge is 0.313 e. The van der Waals surface area contributed by atoms with Gasteiger partial charge in [-0.2, -0.15) is 5.10 Å². The zero-order valence-corrected chi connectivity index (χ0v) is 12.4. The predicted octanol–water partition coefficient (Wildman–Crippen LogP) is 3.37. The predicted molar refractivity (Wildman–Crippen MR) is 76.6 cm³/mol. The number of nitrogens with zero attached hydrogens (tertiary/aromatic N) is 2. The van der Waals surface area contributed by atoms with E-state index in [9.17, 15) is 4.79 Å². The third kappa shape index (κ3) is 4.00. The van der Waals surface area contributed by atoms with Gasteiger partial charge in [0.25, 0.3) is 0 Å². The lowest BCUT2D eigenvalue weighted by Gasteiger charge is -2.08. The second kappa shape index (κ2) is 6.46. The second-order valence-electron chi connectivity index (χ2n) is 5.65. The molecule has 1 heterocycles. The maximum atomic E-state index is 10.7. The molecule has 1 aromatic rings. The Labute approximate surface area is 118 Å². The number of carboxylic acid groups (broad SMARTS) is 1. The maximum Gasteiger partial charge on any atom is 0.313 e. The van der Waals surface area contributed by atoms with Crippen LogP contribution in [0.1, 0.15) is 51.1 Å². The Bertz CT molecular complexity index is 437. The van der Waals surface area contributed by atoms with E-state index in [1.807, 2.05) is 4.68 Å². The number of aliphatic carboxylic acids is 1. The van der Waals surface area contributed by atoms with Crippen LogP contribution in [-0.2, 0) is 11.3 Å². The Kier molecular flexibility index (Phi) is 4.91. The summed E-state index contributed by atoms with van der Waals surface area (Å²) in [6.45, 7) is 5.17. The molecule has 0 aromatic carbocycles. The highest BCUT2D eigenvalue weighted by Gasteiger charge is 2.21. The summed E-state index contributed by atoms with van der Waals surface area (Å²) in [5.74, 6) is 0.427. The van der Waals surface area contributed by atoms with Crippen LogP contribution in [0.2, 0.25) is 0 Å². The van der Waals surface area contributed by atoms with Crippen LogP contribution < -0.4 is 0 Å². The monoisotopic (exact) mass is 282 g/mol. The van der Waals surface area contributed by atoms with E-state index in [1.165, 1.54) is 37.4 Å². The van der Waals surface area contributed by atoms with Gasteiger partial charge in [0.15, 0.2) is 0 Å². The summed E-state index contributed by atoms with van der Waals surface area (Å²) in [6, 6.07) is 2.10. The van der Waals surface area contributed by atoms with Crippen molar-refractivity contribution in [2.24, 2.45) is 5.92 Å². The minimum absolute atomic E-state index is 0.105. The van der Waals surface area contributed by atoms with Gasteiger partial charge >= 0.3 is 5.97 Å². The first-order valence-corrected chi connectivity index (χ1v) is 7.97. The van der Waals surface area contributed by atoms with Crippen LogP contribution in [0.25, 0.3) is 0 Å². The average molecular weight is 282 g/mol. The third-order valence-electron chi connectivity index (χ3n) is 3.42. The Morgan fingerprint density at radius 3 is 2.79 bits per heavy atom. The molecular formula is C14H22N2O2S. The van der Waals surface area contributed by atoms with E-state index in [0.29, 0.717) is 11.8 Å². The van der Waals surface area contributed by atoms with Crippen LogP contribution in [-0.4, -0.2) is 26.6 Å². The first kappa shape index (κ1) is 14.4. The summed E-state index contributed by atoms with van der Waals surface area (Å²) in [7, 11) is 0. The number of hydrogen-bond donors (Lipinski definition) is 1. The number of carbonyl (C=O) groups is 1. The molecule has 0 unspecified atom stereocenters. The largest absolute Gasteiger partial charge is 0.481 e. The van der Waals surface area contributed by atoms with E-state index >= 15 is 0 Å². The molecule has 4 nitrogen and oxygen atoms in total. The summed E-state index contributed by atoms with van der Waals surface area (Å²) in [4.78, 5) is 10.7. The topological polar surface area (TPSA) is 55.1 Å². The van der Waals surface area contributed by atoms with Crippen molar-refractivity contribution in [3.63, 3.8) is 0 Å². The summed E-state index contributed by atoms with van der Waals surface area (Å²) in [5, 5.41) is 14.5. The van der Waals surface area contributed by atoms with E-state index in [1.54, 1.807) is 0 Å². The number of aromatic nitrogens is 2. The van der Waals surface area contributed by atoms with Gasteiger partial charge in [0.1, 0.15) is 0 Å². The van der Waals surface area contributed by atoms with Gasteiger partial charge in [-0.25, -0.2) is 0 Å². The summed E-state index contributed by atoms with van der Waals surface area (Å²) in [5.41, 5.74) is 1.16. The summed E-state index contributed by atoms with van der Waals surface area (Å²) >= 11 is 1.38. The number of carboxylic acids is 1. The van der Waals surface area contributed by atoms with E-state index in [0.717, 1.165) is 17.3 Å². The van der Waals surface area contributed by atoms with Crippen LogP contribution in [0.3, 0.4) is 0 Å². The molecule has 1 saturated carbocycles. The quantitative estimate of drug-likeness (QED) is 0.813. The Hall–Kier alpha value is -0.970. The van der Waals surface area contributed by atoms with E-state index in [-0.39, 0.29) is 5.75 Å². The fraction of sp³-hybridized carbons (Fsp3) is 0.714. The summed E-state index contributed by atoms with van der Waals surface area (Å²) < 4.78 is 1.99.